The van der Waals surface area contributed by atoms with E-state index in [4.69, 9.17) is 0 Å². The molecular formula is C16H23NO. The number of piperidine rings is 1. The number of rotatable bonds is 1. The Bertz CT molecular complexity index is 388. The van der Waals surface area contributed by atoms with Crippen molar-refractivity contribution in [2.75, 3.05) is 6.54 Å². The summed E-state index contributed by atoms with van der Waals surface area (Å²) in [7, 11) is 0. The average Bonchev–Trinajstić information content (AvgIpc) is 2.81. The van der Waals surface area contributed by atoms with Gasteiger partial charge in [0.05, 0.1) is 0 Å². The largest absolute Gasteiger partial charge is 0.300 e. The zero-order valence-corrected chi connectivity index (χ0v) is 11.2. The second-order valence-electron chi connectivity index (χ2n) is 6.12. The van der Waals surface area contributed by atoms with Crippen LogP contribution in [0.2, 0.25) is 0 Å². The summed E-state index contributed by atoms with van der Waals surface area (Å²) < 4.78 is 0. The summed E-state index contributed by atoms with van der Waals surface area (Å²) in [6, 6.07) is 0.859. The summed E-state index contributed by atoms with van der Waals surface area (Å²) in [6.45, 7) is 4.92. The first kappa shape index (κ1) is 12.2. The van der Waals surface area contributed by atoms with Crippen LogP contribution >= 0.6 is 0 Å². The first-order valence-corrected chi connectivity index (χ1v) is 7.46. The van der Waals surface area contributed by atoms with Gasteiger partial charge < -0.3 is 0 Å². The van der Waals surface area contributed by atoms with Gasteiger partial charge in [-0.3, -0.25) is 9.69 Å². The molecule has 0 amide bonds. The van der Waals surface area contributed by atoms with E-state index >= 15 is 0 Å². The molecule has 2 atom stereocenters. The molecule has 18 heavy (non-hydrogen) atoms. The number of carbonyl (C=O) groups excluding carboxylic acids is 1. The maximum Gasteiger partial charge on any atom is 0.136 e. The quantitative estimate of drug-likeness (QED) is 0.662. The summed E-state index contributed by atoms with van der Waals surface area (Å²) in [5.41, 5.74) is 4.36. The van der Waals surface area contributed by atoms with Crippen LogP contribution in [0.25, 0.3) is 0 Å². The Labute approximate surface area is 110 Å². The summed E-state index contributed by atoms with van der Waals surface area (Å²) in [5, 5.41) is 0. The number of hydrogen-bond acceptors (Lipinski definition) is 2. The Morgan fingerprint density at radius 1 is 1.17 bits per heavy atom. The van der Waals surface area contributed by atoms with E-state index in [1.165, 1.54) is 37.7 Å². The van der Waals surface area contributed by atoms with Crippen LogP contribution < -0.4 is 0 Å². The van der Waals surface area contributed by atoms with Crippen molar-refractivity contribution in [1.82, 2.24) is 4.90 Å². The minimum atomic E-state index is 0.343. The van der Waals surface area contributed by atoms with Crippen LogP contribution in [0.4, 0.5) is 0 Å². The minimum absolute atomic E-state index is 0.343. The van der Waals surface area contributed by atoms with Crippen molar-refractivity contribution >= 4 is 5.78 Å². The van der Waals surface area contributed by atoms with Crippen molar-refractivity contribution in [3.63, 3.8) is 0 Å². The Morgan fingerprint density at radius 2 is 1.94 bits per heavy atom. The topological polar surface area (TPSA) is 20.3 Å². The molecule has 0 aromatic heterocycles. The van der Waals surface area contributed by atoms with Crippen molar-refractivity contribution < 1.29 is 4.79 Å². The van der Waals surface area contributed by atoms with E-state index in [-0.39, 0.29) is 0 Å². The molecule has 3 fully saturated rings. The molecule has 2 heterocycles. The van der Waals surface area contributed by atoms with E-state index < -0.39 is 0 Å². The lowest BCUT2D eigenvalue weighted by Crippen LogP contribution is -2.50. The second-order valence-corrected chi connectivity index (χ2v) is 6.12. The Balaban J connectivity index is 1.81. The molecule has 1 saturated carbocycles. The summed E-state index contributed by atoms with van der Waals surface area (Å²) in [4.78, 5) is 14.6. The van der Waals surface area contributed by atoms with E-state index in [0.29, 0.717) is 24.3 Å². The molecule has 2 aliphatic heterocycles. The Hall–Kier alpha value is -0.850. The number of Topliss-reactive ketones (excluding diaryl/α,β-unsaturated/α-hetero) is 1. The van der Waals surface area contributed by atoms with Crippen LogP contribution in [0.3, 0.4) is 0 Å². The van der Waals surface area contributed by atoms with Gasteiger partial charge in [-0.2, -0.15) is 0 Å². The van der Waals surface area contributed by atoms with E-state index in [1.807, 2.05) is 0 Å². The molecule has 3 rings (SSSR count). The minimum Gasteiger partial charge on any atom is -0.300 e. The third-order valence-electron chi connectivity index (χ3n) is 5.15. The zero-order chi connectivity index (χ0) is 12.5. The first-order chi connectivity index (χ1) is 8.79. The van der Waals surface area contributed by atoms with Crippen molar-refractivity contribution in [3.05, 3.63) is 17.9 Å². The number of nitrogens with zero attached hydrogens (tertiary/aromatic N) is 1. The lowest BCUT2D eigenvalue weighted by molar-refractivity contribution is -0.125. The van der Waals surface area contributed by atoms with E-state index in [1.54, 1.807) is 0 Å². The molecule has 98 valence electrons. The standard InChI is InChI=1S/C16H23NO/c1-2-12-8-9-17-15(12)10-14(18)11-16(17)13-6-4-3-5-7-13/h13,15-16H,1,3-11H2/t15-,16-/m1/s1. The summed E-state index contributed by atoms with van der Waals surface area (Å²) in [5.74, 6) is 1.22. The van der Waals surface area contributed by atoms with Gasteiger partial charge in [-0.15, -0.1) is 5.73 Å². The lowest BCUT2D eigenvalue weighted by atomic mass is 9.78. The fraction of sp³-hybridized carbons (Fsp3) is 0.750. The molecule has 0 aromatic rings. The normalized spacial score (nSPS) is 34.4. The highest BCUT2D eigenvalue weighted by molar-refractivity contribution is 5.81. The van der Waals surface area contributed by atoms with Crippen molar-refractivity contribution in [1.29, 1.82) is 0 Å². The van der Waals surface area contributed by atoms with Crippen LogP contribution in [0.5, 0.6) is 0 Å². The van der Waals surface area contributed by atoms with Gasteiger partial charge in [0.1, 0.15) is 5.78 Å². The van der Waals surface area contributed by atoms with Crippen LogP contribution in [0.1, 0.15) is 51.4 Å². The molecular weight excluding hydrogens is 222 g/mol. The molecule has 2 nitrogen and oxygen atoms in total. The predicted molar refractivity (Wildman–Crippen MR) is 72.4 cm³/mol. The number of fused-ring (bicyclic) bond motifs is 1. The highest BCUT2D eigenvalue weighted by atomic mass is 16.1. The maximum atomic E-state index is 12.0. The van der Waals surface area contributed by atoms with Gasteiger partial charge in [0.15, 0.2) is 0 Å². The van der Waals surface area contributed by atoms with Gasteiger partial charge in [-0.25, -0.2) is 0 Å². The van der Waals surface area contributed by atoms with Gasteiger partial charge >= 0.3 is 0 Å². The molecule has 1 aliphatic carbocycles. The summed E-state index contributed by atoms with van der Waals surface area (Å²) in [6.07, 6.45) is 9.34. The molecule has 0 spiro atoms. The first-order valence-electron chi connectivity index (χ1n) is 7.46. The van der Waals surface area contributed by atoms with Crippen molar-refractivity contribution in [3.8, 4) is 0 Å². The number of ketones is 1. The molecule has 0 aromatic carbocycles. The van der Waals surface area contributed by atoms with Crippen molar-refractivity contribution in [2.45, 2.75) is 63.5 Å². The van der Waals surface area contributed by atoms with E-state index in [0.717, 1.165) is 25.3 Å². The second kappa shape index (κ2) is 5.03. The van der Waals surface area contributed by atoms with Crippen LogP contribution in [-0.4, -0.2) is 29.3 Å². The molecule has 2 heteroatoms. The lowest BCUT2D eigenvalue weighted by Gasteiger charge is -2.42. The number of carbonyl (C=O) groups is 1. The summed E-state index contributed by atoms with van der Waals surface area (Å²) >= 11 is 0. The smallest absolute Gasteiger partial charge is 0.136 e. The molecule has 0 unspecified atom stereocenters. The molecule has 3 aliphatic rings. The monoisotopic (exact) mass is 245 g/mol. The fourth-order valence-corrected chi connectivity index (χ4v) is 4.22. The fourth-order valence-electron chi connectivity index (χ4n) is 4.22. The average molecular weight is 245 g/mol. The van der Waals surface area contributed by atoms with Crippen LogP contribution in [0, 0.1) is 5.92 Å². The van der Waals surface area contributed by atoms with E-state index in [9.17, 15) is 4.79 Å². The van der Waals surface area contributed by atoms with Gasteiger partial charge in [-0.05, 0) is 30.8 Å². The van der Waals surface area contributed by atoms with Gasteiger partial charge in [0, 0.05) is 31.5 Å². The van der Waals surface area contributed by atoms with Crippen LogP contribution in [-0.2, 0) is 4.79 Å². The zero-order valence-electron chi connectivity index (χ0n) is 11.2. The molecule has 0 radical (unpaired) electrons. The molecule has 0 bridgehead atoms. The van der Waals surface area contributed by atoms with Gasteiger partial charge in [0.25, 0.3) is 0 Å². The predicted octanol–water partition coefficient (Wildman–Crippen LogP) is 3.08. The van der Waals surface area contributed by atoms with Crippen LogP contribution in [0.15, 0.2) is 17.9 Å². The molecule has 0 N–H and O–H groups in total. The number of hydrogen-bond donors (Lipinski definition) is 0. The van der Waals surface area contributed by atoms with Crippen molar-refractivity contribution in [2.24, 2.45) is 5.92 Å². The Morgan fingerprint density at radius 3 is 2.67 bits per heavy atom. The molecule has 2 saturated heterocycles. The Kier molecular flexibility index (Phi) is 3.41. The third kappa shape index (κ3) is 2.08. The van der Waals surface area contributed by atoms with Gasteiger partial charge in [-0.1, -0.05) is 25.8 Å². The van der Waals surface area contributed by atoms with Gasteiger partial charge in [0.2, 0.25) is 0 Å². The maximum absolute atomic E-state index is 12.0. The third-order valence-corrected chi connectivity index (χ3v) is 5.15. The highest BCUT2D eigenvalue weighted by Gasteiger charge is 2.43. The SMILES string of the molecule is C=C=C1CCN2[C@@H]1CC(=O)C[C@@H]2C1CCCCC1. The van der Waals surface area contributed by atoms with E-state index in [2.05, 4.69) is 17.2 Å². The highest BCUT2D eigenvalue weighted by Crippen LogP contribution is 2.39.